The normalized spacial score (nSPS) is 14.6. The zero-order valence-corrected chi connectivity index (χ0v) is 19.1. The standard InChI is InChI=1S/C23H26ClN5O3/c1-15-11-20(17(3)29(15)19-6-4-5-18(24)13-19)23(31)28-9-7-27(8-10-28)14-22(30)25-21-12-16(2)32-26-21/h4-6,11-13H,7-10,14H2,1-3H3,(H,25,26,30). The van der Waals surface area contributed by atoms with Gasteiger partial charge in [-0.05, 0) is 45.0 Å². The highest BCUT2D eigenvalue weighted by atomic mass is 35.5. The number of amides is 2. The molecule has 1 N–H and O–H groups in total. The summed E-state index contributed by atoms with van der Waals surface area (Å²) >= 11 is 6.16. The zero-order valence-electron chi connectivity index (χ0n) is 18.4. The first kappa shape index (κ1) is 22.1. The quantitative estimate of drug-likeness (QED) is 0.637. The summed E-state index contributed by atoms with van der Waals surface area (Å²) in [6.45, 7) is 8.34. The largest absolute Gasteiger partial charge is 0.360 e. The van der Waals surface area contributed by atoms with Gasteiger partial charge in [-0.25, -0.2) is 0 Å². The van der Waals surface area contributed by atoms with Gasteiger partial charge in [-0.15, -0.1) is 0 Å². The van der Waals surface area contributed by atoms with Gasteiger partial charge in [0.05, 0.1) is 12.1 Å². The number of hydrogen-bond acceptors (Lipinski definition) is 5. The van der Waals surface area contributed by atoms with Gasteiger partial charge in [-0.2, -0.15) is 0 Å². The summed E-state index contributed by atoms with van der Waals surface area (Å²) in [6, 6.07) is 11.2. The van der Waals surface area contributed by atoms with Crippen molar-refractivity contribution in [1.29, 1.82) is 0 Å². The van der Waals surface area contributed by atoms with Crippen LogP contribution in [0.25, 0.3) is 5.69 Å². The van der Waals surface area contributed by atoms with E-state index in [1.165, 1.54) is 0 Å². The molecule has 2 amide bonds. The molecule has 1 aromatic carbocycles. The Morgan fingerprint density at radius 1 is 1.09 bits per heavy atom. The minimum Gasteiger partial charge on any atom is -0.360 e. The van der Waals surface area contributed by atoms with Crippen molar-refractivity contribution in [2.45, 2.75) is 20.8 Å². The van der Waals surface area contributed by atoms with Gasteiger partial charge in [-0.1, -0.05) is 22.8 Å². The fraction of sp³-hybridized carbons (Fsp3) is 0.348. The maximum Gasteiger partial charge on any atom is 0.255 e. The summed E-state index contributed by atoms with van der Waals surface area (Å²) in [5.74, 6) is 0.912. The fourth-order valence-electron chi connectivity index (χ4n) is 4.08. The van der Waals surface area contributed by atoms with E-state index < -0.39 is 0 Å². The van der Waals surface area contributed by atoms with Gasteiger partial charge in [0.1, 0.15) is 5.76 Å². The third kappa shape index (κ3) is 4.71. The summed E-state index contributed by atoms with van der Waals surface area (Å²) in [5.41, 5.74) is 3.49. The van der Waals surface area contributed by atoms with Crippen molar-refractivity contribution in [2.75, 3.05) is 38.0 Å². The van der Waals surface area contributed by atoms with Crippen LogP contribution < -0.4 is 5.32 Å². The number of hydrogen-bond donors (Lipinski definition) is 1. The van der Waals surface area contributed by atoms with Crippen LogP contribution in [0.2, 0.25) is 5.02 Å². The van der Waals surface area contributed by atoms with E-state index in [9.17, 15) is 9.59 Å². The second-order valence-electron chi connectivity index (χ2n) is 8.04. The van der Waals surface area contributed by atoms with Gasteiger partial charge in [0.25, 0.3) is 5.91 Å². The van der Waals surface area contributed by atoms with E-state index in [-0.39, 0.29) is 18.4 Å². The van der Waals surface area contributed by atoms with Crippen LogP contribution in [0.1, 0.15) is 27.5 Å². The molecule has 1 saturated heterocycles. The number of carbonyl (C=O) groups excluding carboxylic acids is 2. The molecule has 168 valence electrons. The number of nitrogens with zero attached hydrogens (tertiary/aromatic N) is 4. The number of piperazine rings is 1. The maximum absolute atomic E-state index is 13.2. The van der Waals surface area contributed by atoms with Gasteiger partial charge in [0, 0.05) is 54.3 Å². The van der Waals surface area contributed by atoms with E-state index in [0.29, 0.717) is 48.3 Å². The zero-order chi connectivity index (χ0) is 22.8. The summed E-state index contributed by atoms with van der Waals surface area (Å²) in [7, 11) is 0. The summed E-state index contributed by atoms with van der Waals surface area (Å²) in [6.07, 6.45) is 0. The lowest BCUT2D eigenvalue weighted by Crippen LogP contribution is -2.50. The molecule has 2 aromatic heterocycles. The molecule has 8 nitrogen and oxygen atoms in total. The van der Waals surface area contributed by atoms with E-state index in [4.69, 9.17) is 16.1 Å². The van der Waals surface area contributed by atoms with Crippen molar-refractivity contribution in [2.24, 2.45) is 0 Å². The Balaban J connectivity index is 1.37. The van der Waals surface area contributed by atoms with Gasteiger partial charge < -0.3 is 19.3 Å². The topological polar surface area (TPSA) is 83.6 Å². The van der Waals surface area contributed by atoms with E-state index in [1.54, 1.807) is 13.0 Å². The number of aromatic nitrogens is 2. The Morgan fingerprint density at radius 2 is 1.84 bits per heavy atom. The van der Waals surface area contributed by atoms with Crippen molar-refractivity contribution >= 4 is 29.2 Å². The summed E-state index contributed by atoms with van der Waals surface area (Å²) < 4.78 is 7.01. The lowest BCUT2D eigenvalue weighted by Gasteiger charge is -2.34. The van der Waals surface area contributed by atoms with Gasteiger partial charge in [-0.3, -0.25) is 14.5 Å². The number of nitrogens with one attached hydrogen (secondary N) is 1. The lowest BCUT2D eigenvalue weighted by atomic mass is 10.2. The monoisotopic (exact) mass is 455 g/mol. The number of carbonyl (C=O) groups is 2. The molecule has 0 saturated carbocycles. The molecule has 32 heavy (non-hydrogen) atoms. The molecule has 0 aliphatic carbocycles. The van der Waals surface area contributed by atoms with E-state index >= 15 is 0 Å². The van der Waals surface area contributed by atoms with E-state index in [0.717, 1.165) is 17.1 Å². The second kappa shape index (κ2) is 9.18. The molecular formula is C23H26ClN5O3. The van der Waals surface area contributed by atoms with Crippen LogP contribution in [0.3, 0.4) is 0 Å². The first-order valence-corrected chi connectivity index (χ1v) is 10.9. The molecule has 0 bridgehead atoms. The van der Waals surface area contributed by atoms with Crippen molar-refractivity contribution in [3.8, 4) is 5.69 Å². The summed E-state index contributed by atoms with van der Waals surface area (Å²) in [5, 5.41) is 7.16. The van der Waals surface area contributed by atoms with Crippen molar-refractivity contribution < 1.29 is 14.1 Å². The van der Waals surface area contributed by atoms with Crippen LogP contribution >= 0.6 is 11.6 Å². The first-order valence-electron chi connectivity index (χ1n) is 10.5. The molecule has 0 unspecified atom stereocenters. The van der Waals surface area contributed by atoms with Crippen LogP contribution in [-0.4, -0.2) is 64.1 Å². The van der Waals surface area contributed by atoms with Gasteiger partial charge in [0.2, 0.25) is 5.91 Å². The number of halogens is 1. The van der Waals surface area contributed by atoms with Gasteiger partial charge in [0.15, 0.2) is 5.82 Å². The van der Waals surface area contributed by atoms with Crippen LogP contribution in [-0.2, 0) is 4.79 Å². The molecule has 1 aliphatic heterocycles. The highest BCUT2D eigenvalue weighted by molar-refractivity contribution is 6.30. The van der Waals surface area contributed by atoms with Crippen molar-refractivity contribution in [3.05, 3.63) is 64.1 Å². The molecule has 0 radical (unpaired) electrons. The van der Waals surface area contributed by atoms with Crippen LogP contribution in [0.4, 0.5) is 5.82 Å². The number of rotatable bonds is 5. The Morgan fingerprint density at radius 3 is 2.50 bits per heavy atom. The molecule has 1 aliphatic rings. The number of benzene rings is 1. The molecule has 0 atom stereocenters. The smallest absolute Gasteiger partial charge is 0.255 e. The first-order chi connectivity index (χ1) is 15.3. The van der Waals surface area contributed by atoms with Crippen LogP contribution in [0, 0.1) is 20.8 Å². The lowest BCUT2D eigenvalue weighted by molar-refractivity contribution is -0.117. The Kier molecular flexibility index (Phi) is 6.34. The third-order valence-corrected chi connectivity index (χ3v) is 5.89. The summed E-state index contributed by atoms with van der Waals surface area (Å²) in [4.78, 5) is 29.3. The minimum absolute atomic E-state index is 0.00792. The third-order valence-electron chi connectivity index (χ3n) is 5.65. The second-order valence-corrected chi connectivity index (χ2v) is 8.48. The van der Waals surface area contributed by atoms with E-state index in [1.807, 2.05) is 58.5 Å². The average molecular weight is 456 g/mol. The predicted octanol–water partition coefficient (Wildman–Crippen LogP) is 3.44. The average Bonchev–Trinajstić information content (AvgIpc) is 3.29. The SMILES string of the molecule is Cc1cc(NC(=O)CN2CCN(C(=O)c3cc(C)n(-c4cccc(Cl)c4)c3C)CC2)no1. The molecule has 9 heteroatoms. The molecular weight excluding hydrogens is 430 g/mol. The highest BCUT2D eigenvalue weighted by Gasteiger charge is 2.26. The van der Waals surface area contributed by atoms with Crippen molar-refractivity contribution in [3.63, 3.8) is 0 Å². The Bertz CT molecular complexity index is 1140. The molecule has 0 spiro atoms. The maximum atomic E-state index is 13.2. The van der Waals surface area contributed by atoms with Crippen molar-refractivity contribution in [1.82, 2.24) is 19.5 Å². The minimum atomic E-state index is -0.150. The fourth-order valence-corrected chi connectivity index (χ4v) is 4.27. The molecule has 1 fully saturated rings. The van der Waals surface area contributed by atoms with Crippen LogP contribution in [0.15, 0.2) is 40.9 Å². The predicted molar refractivity (Wildman–Crippen MR) is 122 cm³/mol. The van der Waals surface area contributed by atoms with Gasteiger partial charge >= 0.3 is 0 Å². The highest BCUT2D eigenvalue weighted by Crippen LogP contribution is 2.24. The Hall–Kier alpha value is -3.10. The molecule has 4 rings (SSSR count). The molecule has 3 aromatic rings. The molecule has 3 heterocycles. The number of aryl methyl sites for hydroxylation is 2. The number of anilines is 1. The van der Waals surface area contributed by atoms with Crippen LogP contribution in [0.5, 0.6) is 0 Å². The van der Waals surface area contributed by atoms with E-state index in [2.05, 4.69) is 10.5 Å². The Labute approximate surface area is 191 Å².